The fourth-order valence-corrected chi connectivity index (χ4v) is 4.15. The molecule has 3 heterocycles. The van der Waals surface area contributed by atoms with Gasteiger partial charge in [-0.15, -0.1) is 0 Å². The van der Waals surface area contributed by atoms with Crippen LogP contribution in [0.2, 0.25) is 0 Å². The SMILES string of the molecule is CCN(CC)Cc1c(C=C2NC=CN=C2C2C=NNC2=O)[nH]c2c1CCCC2. The maximum Gasteiger partial charge on any atom is 0.254 e. The summed E-state index contributed by atoms with van der Waals surface area (Å²) in [5, 5.41) is 7.17. The third-order valence-corrected chi connectivity index (χ3v) is 5.79. The van der Waals surface area contributed by atoms with E-state index in [4.69, 9.17) is 0 Å². The van der Waals surface area contributed by atoms with Gasteiger partial charge in [-0.1, -0.05) is 13.8 Å². The molecule has 4 rings (SSSR count). The van der Waals surface area contributed by atoms with Gasteiger partial charge in [-0.05, 0) is 56.0 Å². The number of fused-ring (bicyclic) bond motifs is 1. The van der Waals surface area contributed by atoms with Crippen molar-refractivity contribution in [1.82, 2.24) is 20.6 Å². The number of nitrogens with zero attached hydrogens (tertiary/aromatic N) is 3. The summed E-state index contributed by atoms with van der Waals surface area (Å²) >= 11 is 0. The van der Waals surface area contributed by atoms with Crippen LogP contribution in [0.5, 0.6) is 0 Å². The second-order valence-electron chi connectivity index (χ2n) is 7.41. The predicted octanol–water partition coefficient (Wildman–Crippen LogP) is 2.32. The van der Waals surface area contributed by atoms with Crippen LogP contribution in [0.3, 0.4) is 0 Å². The molecule has 1 unspecified atom stereocenters. The van der Waals surface area contributed by atoms with E-state index in [9.17, 15) is 4.79 Å². The van der Waals surface area contributed by atoms with Crippen LogP contribution in [0.25, 0.3) is 6.08 Å². The zero-order valence-corrected chi connectivity index (χ0v) is 16.6. The van der Waals surface area contributed by atoms with Crippen molar-refractivity contribution < 1.29 is 4.79 Å². The highest BCUT2D eigenvalue weighted by molar-refractivity contribution is 6.24. The molecule has 1 aromatic heterocycles. The third kappa shape index (κ3) is 3.54. The first kappa shape index (κ1) is 18.7. The van der Waals surface area contributed by atoms with E-state index in [0.29, 0.717) is 5.71 Å². The minimum atomic E-state index is -0.459. The molecule has 3 N–H and O–H groups in total. The van der Waals surface area contributed by atoms with Crippen molar-refractivity contribution in [2.24, 2.45) is 16.0 Å². The highest BCUT2D eigenvalue weighted by atomic mass is 16.2. The van der Waals surface area contributed by atoms with E-state index in [1.807, 2.05) is 0 Å². The standard InChI is InChI=1S/C21H28N6O/c1-3-27(4-2)13-16-14-7-5-6-8-17(14)25-18(16)11-19-20(23-10-9-22-19)15-12-24-26-21(15)28/h9-12,15,22,25H,3-8,13H2,1-2H3,(H,26,28). The van der Waals surface area contributed by atoms with Crippen LogP contribution in [-0.2, 0) is 24.2 Å². The number of rotatable bonds is 6. The number of aromatic amines is 1. The second kappa shape index (κ2) is 8.14. The van der Waals surface area contributed by atoms with Gasteiger partial charge in [0, 0.05) is 36.5 Å². The Morgan fingerprint density at radius 3 is 2.82 bits per heavy atom. The Morgan fingerprint density at radius 2 is 2.07 bits per heavy atom. The van der Waals surface area contributed by atoms with Crippen molar-refractivity contribution in [2.45, 2.75) is 46.1 Å². The number of carbonyl (C=O) groups excluding carboxylic acids is 1. The summed E-state index contributed by atoms with van der Waals surface area (Å²) in [6.45, 7) is 7.40. The fraction of sp³-hybridized carbons (Fsp3) is 0.476. The first-order valence-corrected chi connectivity index (χ1v) is 10.2. The highest BCUT2D eigenvalue weighted by Gasteiger charge is 2.30. The molecule has 3 aliphatic rings. The monoisotopic (exact) mass is 380 g/mol. The van der Waals surface area contributed by atoms with E-state index in [1.54, 1.807) is 18.6 Å². The molecule has 1 aliphatic carbocycles. The number of hydrazone groups is 1. The van der Waals surface area contributed by atoms with Crippen molar-refractivity contribution in [3.05, 3.63) is 40.6 Å². The molecular formula is C21H28N6O. The summed E-state index contributed by atoms with van der Waals surface area (Å²) in [7, 11) is 0. The van der Waals surface area contributed by atoms with E-state index in [2.05, 4.69) is 50.6 Å². The van der Waals surface area contributed by atoms with Gasteiger partial charge in [-0.3, -0.25) is 14.7 Å². The number of hydrogen-bond donors (Lipinski definition) is 3. The van der Waals surface area contributed by atoms with Gasteiger partial charge in [-0.25, -0.2) is 5.43 Å². The number of hydrogen-bond acceptors (Lipinski definition) is 5. The van der Waals surface area contributed by atoms with Gasteiger partial charge in [-0.2, -0.15) is 5.10 Å². The Bertz CT molecular complexity index is 872. The van der Waals surface area contributed by atoms with Gasteiger partial charge < -0.3 is 10.3 Å². The molecule has 0 fully saturated rings. The molecule has 0 aromatic carbocycles. The Labute approximate surface area is 165 Å². The fourth-order valence-electron chi connectivity index (χ4n) is 4.15. The number of carbonyl (C=O) groups is 1. The van der Waals surface area contributed by atoms with Crippen molar-refractivity contribution >= 4 is 23.9 Å². The number of allylic oxidation sites excluding steroid dienone is 1. The minimum absolute atomic E-state index is 0.143. The normalized spacial score (nSPS) is 22.4. The van der Waals surface area contributed by atoms with Gasteiger partial charge in [0.05, 0.1) is 11.4 Å². The van der Waals surface area contributed by atoms with Crippen LogP contribution in [0, 0.1) is 5.92 Å². The maximum atomic E-state index is 12.1. The first-order valence-electron chi connectivity index (χ1n) is 10.2. The van der Waals surface area contributed by atoms with E-state index < -0.39 is 5.92 Å². The molecule has 7 heteroatoms. The molecule has 7 nitrogen and oxygen atoms in total. The summed E-state index contributed by atoms with van der Waals surface area (Å²) in [6.07, 6.45) is 11.9. The predicted molar refractivity (Wildman–Crippen MR) is 112 cm³/mol. The van der Waals surface area contributed by atoms with Gasteiger partial charge in [0.1, 0.15) is 5.92 Å². The smallest absolute Gasteiger partial charge is 0.254 e. The van der Waals surface area contributed by atoms with Crippen LogP contribution in [0.15, 0.2) is 28.2 Å². The van der Waals surface area contributed by atoms with Crippen molar-refractivity contribution in [1.29, 1.82) is 0 Å². The van der Waals surface area contributed by atoms with Gasteiger partial charge in [0.2, 0.25) is 0 Å². The summed E-state index contributed by atoms with van der Waals surface area (Å²) in [5.74, 6) is -0.601. The quantitative estimate of drug-likeness (QED) is 0.708. The Balaban J connectivity index is 1.72. The number of nitrogens with one attached hydrogen (secondary N) is 3. The summed E-state index contributed by atoms with van der Waals surface area (Å²) < 4.78 is 0. The lowest BCUT2D eigenvalue weighted by molar-refractivity contribution is -0.120. The lowest BCUT2D eigenvalue weighted by atomic mass is 9.93. The van der Waals surface area contributed by atoms with Crippen molar-refractivity contribution in [3.8, 4) is 0 Å². The second-order valence-corrected chi connectivity index (χ2v) is 7.41. The summed E-state index contributed by atoms with van der Waals surface area (Å²) in [5.41, 5.74) is 9.39. The van der Waals surface area contributed by atoms with E-state index in [0.717, 1.165) is 43.9 Å². The average Bonchev–Trinajstić information content (AvgIpc) is 3.30. The van der Waals surface area contributed by atoms with Crippen molar-refractivity contribution in [2.75, 3.05) is 13.1 Å². The molecule has 0 saturated heterocycles. The number of aromatic nitrogens is 1. The number of amides is 1. The number of aryl methyl sites for hydroxylation is 1. The average molecular weight is 380 g/mol. The summed E-state index contributed by atoms with van der Waals surface area (Å²) in [4.78, 5) is 22.7. The van der Waals surface area contributed by atoms with E-state index in [-0.39, 0.29) is 5.91 Å². The Hall–Kier alpha value is -2.67. The van der Waals surface area contributed by atoms with Gasteiger partial charge >= 0.3 is 0 Å². The van der Waals surface area contributed by atoms with E-state index >= 15 is 0 Å². The molecular weight excluding hydrogens is 352 g/mol. The number of H-pyrrole nitrogens is 1. The molecule has 0 saturated carbocycles. The van der Waals surface area contributed by atoms with Gasteiger partial charge in [0.15, 0.2) is 0 Å². The van der Waals surface area contributed by atoms with Crippen LogP contribution < -0.4 is 10.7 Å². The van der Waals surface area contributed by atoms with Crippen LogP contribution in [0.1, 0.15) is 49.2 Å². The highest BCUT2D eigenvalue weighted by Crippen LogP contribution is 2.30. The molecule has 148 valence electrons. The molecule has 2 aliphatic heterocycles. The van der Waals surface area contributed by atoms with Crippen LogP contribution >= 0.6 is 0 Å². The largest absolute Gasteiger partial charge is 0.359 e. The van der Waals surface area contributed by atoms with Crippen LogP contribution in [0.4, 0.5) is 0 Å². The molecule has 0 spiro atoms. The zero-order valence-electron chi connectivity index (χ0n) is 16.6. The minimum Gasteiger partial charge on any atom is -0.359 e. The molecule has 28 heavy (non-hydrogen) atoms. The topological polar surface area (TPSA) is 84.9 Å². The lowest BCUT2D eigenvalue weighted by Crippen LogP contribution is -2.32. The lowest BCUT2D eigenvalue weighted by Gasteiger charge is -2.21. The van der Waals surface area contributed by atoms with Crippen molar-refractivity contribution in [3.63, 3.8) is 0 Å². The third-order valence-electron chi connectivity index (χ3n) is 5.79. The van der Waals surface area contributed by atoms with Gasteiger partial charge in [0.25, 0.3) is 5.91 Å². The maximum absolute atomic E-state index is 12.1. The molecule has 1 amide bonds. The molecule has 0 radical (unpaired) electrons. The molecule has 1 atom stereocenters. The number of aliphatic imine (C=N–C) groups is 1. The Kier molecular flexibility index (Phi) is 5.43. The van der Waals surface area contributed by atoms with E-state index in [1.165, 1.54) is 29.7 Å². The molecule has 1 aromatic rings. The zero-order chi connectivity index (χ0) is 19.5. The Morgan fingerprint density at radius 1 is 1.25 bits per heavy atom. The first-order chi connectivity index (χ1) is 13.7. The summed E-state index contributed by atoms with van der Waals surface area (Å²) in [6, 6.07) is 0. The molecule has 0 bridgehead atoms. The van der Waals surface area contributed by atoms with Crippen LogP contribution in [-0.4, -0.2) is 40.8 Å².